The zero-order valence-corrected chi connectivity index (χ0v) is 14.2. The molecule has 2 aromatic rings. The van der Waals surface area contributed by atoms with Crippen LogP contribution >= 0.6 is 23.4 Å². The van der Waals surface area contributed by atoms with Crippen molar-refractivity contribution in [3.8, 4) is 0 Å². The van der Waals surface area contributed by atoms with Crippen molar-refractivity contribution in [3.05, 3.63) is 41.4 Å². The van der Waals surface area contributed by atoms with E-state index in [2.05, 4.69) is 11.9 Å². The van der Waals surface area contributed by atoms with Crippen LogP contribution in [0.25, 0.3) is 10.8 Å². The third-order valence-electron chi connectivity index (χ3n) is 4.02. The molecule has 1 saturated heterocycles. The molecule has 22 heavy (non-hydrogen) atoms. The number of likely N-dealkylation sites (N-methyl/N-ethyl adjacent to an activating group) is 1. The van der Waals surface area contributed by atoms with Gasteiger partial charge in [-0.05, 0) is 24.6 Å². The van der Waals surface area contributed by atoms with Crippen LogP contribution in [0.2, 0.25) is 5.02 Å². The fraction of sp³-hybridized carbons (Fsp3) is 0.353. The van der Waals surface area contributed by atoms with Gasteiger partial charge in [0.05, 0.1) is 5.75 Å². The Morgan fingerprint density at radius 2 is 1.82 bits per heavy atom. The Hall–Kier alpha value is -1.23. The van der Waals surface area contributed by atoms with Gasteiger partial charge in [-0.1, -0.05) is 35.9 Å². The number of amides is 1. The molecule has 5 heteroatoms. The molecule has 1 amide bonds. The average Bonchev–Trinajstić information content (AvgIpc) is 2.53. The highest BCUT2D eigenvalue weighted by Crippen LogP contribution is 2.33. The van der Waals surface area contributed by atoms with Gasteiger partial charge in [0.1, 0.15) is 0 Å². The number of benzene rings is 2. The van der Waals surface area contributed by atoms with Crippen molar-refractivity contribution in [2.75, 3.05) is 39.0 Å². The van der Waals surface area contributed by atoms with Crippen LogP contribution in [-0.2, 0) is 4.79 Å². The predicted octanol–water partition coefficient (Wildman–Crippen LogP) is 3.36. The third-order valence-corrected chi connectivity index (χ3v) is 5.38. The van der Waals surface area contributed by atoms with E-state index in [1.54, 1.807) is 11.8 Å². The molecule has 1 aliphatic rings. The minimum atomic E-state index is 0.210. The van der Waals surface area contributed by atoms with Crippen molar-refractivity contribution >= 4 is 40.0 Å². The molecule has 1 heterocycles. The van der Waals surface area contributed by atoms with Crippen LogP contribution < -0.4 is 0 Å². The second-order valence-corrected chi connectivity index (χ2v) is 6.99. The van der Waals surface area contributed by atoms with Crippen molar-refractivity contribution in [2.24, 2.45) is 0 Å². The lowest BCUT2D eigenvalue weighted by Crippen LogP contribution is -2.47. The Morgan fingerprint density at radius 3 is 2.55 bits per heavy atom. The molecule has 0 unspecified atom stereocenters. The Kier molecular flexibility index (Phi) is 4.91. The molecule has 0 N–H and O–H groups in total. The zero-order chi connectivity index (χ0) is 15.5. The van der Waals surface area contributed by atoms with Gasteiger partial charge in [-0.2, -0.15) is 0 Å². The van der Waals surface area contributed by atoms with Gasteiger partial charge in [-0.3, -0.25) is 4.79 Å². The number of hydrogen-bond donors (Lipinski definition) is 0. The molecule has 0 spiro atoms. The third kappa shape index (κ3) is 3.40. The number of carbonyl (C=O) groups is 1. The first kappa shape index (κ1) is 15.7. The monoisotopic (exact) mass is 334 g/mol. The van der Waals surface area contributed by atoms with Crippen LogP contribution in [0.3, 0.4) is 0 Å². The summed E-state index contributed by atoms with van der Waals surface area (Å²) in [5, 5.41) is 2.90. The van der Waals surface area contributed by atoms with E-state index in [0.29, 0.717) is 5.75 Å². The van der Waals surface area contributed by atoms with Crippen molar-refractivity contribution in [1.82, 2.24) is 9.80 Å². The zero-order valence-electron chi connectivity index (χ0n) is 12.6. The summed E-state index contributed by atoms with van der Waals surface area (Å²) in [5.41, 5.74) is 0. The van der Waals surface area contributed by atoms with E-state index in [0.717, 1.165) is 46.9 Å². The first-order valence-corrected chi connectivity index (χ1v) is 8.78. The van der Waals surface area contributed by atoms with E-state index in [4.69, 9.17) is 11.6 Å². The quantitative estimate of drug-likeness (QED) is 0.804. The van der Waals surface area contributed by atoms with Gasteiger partial charge < -0.3 is 9.80 Å². The molecular formula is C17H19ClN2OS. The van der Waals surface area contributed by atoms with Gasteiger partial charge in [0.2, 0.25) is 5.91 Å². The second kappa shape index (κ2) is 6.90. The van der Waals surface area contributed by atoms with Gasteiger partial charge >= 0.3 is 0 Å². The van der Waals surface area contributed by atoms with E-state index < -0.39 is 0 Å². The maximum Gasteiger partial charge on any atom is 0.233 e. The molecule has 3 rings (SSSR count). The summed E-state index contributed by atoms with van der Waals surface area (Å²) in [6, 6.07) is 12.0. The summed E-state index contributed by atoms with van der Waals surface area (Å²) in [6.07, 6.45) is 0. The van der Waals surface area contributed by atoms with E-state index in [-0.39, 0.29) is 5.91 Å². The highest BCUT2D eigenvalue weighted by molar-refractivity contribution is 8.00. The molecule has 0 radical (unpaired) electrons. The number of nitrogens with zero attached hydrogens (tertiary/aromatic N) is 2. The lowest BCUT2D eigenvalue weighted by Gasteiger charge is -2.32. The molecule has 2 aromatic carbocycles. The molecule has 1 aliphatic heterocycles. The van der Waals surface area contributed by atoms with Crippen LogP contribution in [0.1, 0.15) is 0 Å². The first-order valence-electron chi connectivity index (χ1n) is 7.41. The van der Waals surface area contributed by atoms with Crippen LogP contribution in [0, 0.1) is 0 Å². The van der Waals surface area contributed by atoms with E-state index in [1.165, 1.54) is 0 Å². The van der Waals surface area contributed by atoms with Crippen molar-refractivity contribution in [2.45, 2.75) is 4.90 Å². The standard InChI is InChI=1S/C17H19ClN2OS/c1-19-8-10-20(11-9-19)16(21)12-22-15-7-3-5-13-4-2-6-14(18)17(13)15/h2-7H,8-12H2,1H3. The maximum atomic E-state index is 12.4. The summed E-state index contributed by atoms with van der Waals surface area (Å²) in [6.45, 7) is 3.56. The van der Waals surface area contributed by atoms with E-state index in [9.17, 15) is 4.79 Å². The lowest BCUT2D eigenvalue weighted by molar-refractivity contribution is -0.129. The summed E-state index contributed by atoms with van der Waals surface area (Å²) < 4.78 is 0. The largest absolute Gasteiger partial charge is 0.339 e. The average molecular weight is 335 g/mol. The van der Waals surface area contributed by atoms with E-state index in [1.807, 2.05) is 41.3 Å². The SMILES string of the molecule is CN1CCN(C(=O)CSc2cccc3cccc(Cl)c23)CC1. The number of halogens is 1. The molecule has 0 aromatic heterocycles. The molecule has 0 saturated carbocycles. The molecule has 3 nitrogen and oxygen atoms in total. The Morgan fingerprint density at radius 1 is 1.14 bits per heavy atom. The first-order chi connectivity index (χ1) is 10.6. The summed E-state index contributed by atoms with van der Waals surface area (Å²) in [5.74, 6) is 0.677. The molecule has 0 atom stereocenters. The molecule has 1 fully saturated rings. The Balaban J connectivity index is 1.70. The topological polar surface area (TPSA) is 23.6 Å². The minimum Gasteiger partial charge on any atom is -0.339 e. The fourth-order valence-electron chi connectivity index (χ4n) is 2.67. The van der Waals surface area contributed by atoms with Gasteiger partial charge in [0.15, 0.2) is 0 Å². The number of thioether (sulfide) groups is 1. The number of piperazine rings is 1. The fourth-order valence-corrected chi connectivity index (χ4v) is 4.02. The summed E-state index contributed by atoms with van der Waals surface area (Å²) >= 11 is 7.91. The summed E-state index contributed by atoms with van der Waals surface area (Å²) in [4.78, 5) is 17.6. The number of carbonyl (C=O) groups excluding carboxylic acids is 1. The van der Waals surface area contributed by atoms with Crippen LogP contribution in [-0.4, -0.2) is 54.7 Å². The number of rotatable bonds is 3. The smallest absolute Gasteiger partial charge is 0.233 e. The van der Waals surface area contributed by atoms with Gasteiger partial charge in [-0.25, -0.2) is 0 Å². The molecule has 0 bridgehead atoms. The van der Waals surface area contributed by atoms with Crippen LogP contribution in [0.5, 0.6) is 0 Å². The van der Waals surface area contributed by atoms with Crippen molar-refractivity contribution in [1.29, 1.82) is 0 Å². The summed E-state index contributed by atoms with van der Waals surface area (Å²) in [7, 11) is 2.09. The van der Waals surface area contributed by atoms with Crippen molar-refractivity contribution < 1.29 is 4.79 Å². The highest BCUT2D eigenvalue weighted by Gasteiger charge is 2.19. The van der Waals surface area contributed by atoms with E-state index >= 15 is 0 Å². The Labute approximate surface area is 140 Å². The predicted molar refractivity (Wildman–Crippen MR) is 93.8 cm³/mol. The number of fused-ring (bicyclic) bond motifs is 1. The second-order valence-electron chi connectivity index (χ2n) is 5.57. The molecular weight excluding hydrogens is 316 g/mol. The normalized spacial score (nSPS) is 16.2. The molecule has 0 aliphatic carbocycles. The van der Waals surface area contributed by atoms with Crippen LogP contribution in [0.4, 0.5) is 0 Å². The van der Waals surface area contributed by atoms with Gasteiger partial charge in [0, 0.05) is 41.5 Å². The number of hydrogen-bond acceptors (Lipinski definition) is 3. The maximum absolute atomic E-state index is 12.4. The van der Waals surface area contributed by atoms with Gasteiger partial charge in [0.25, 0.3) is 0 Å². The minimum absolute atomic E-state index is 0.210. The lowest BCUT2D eigenvalue weighted by atomic mass is 10.1. The van der Waals surface area contributed by atoms with Gasteiger partial charge in [-0.15, -0.1) is 11.8 Å². The van der Waals surface area contributed by atoms with Crippen molar-refractivity contribution in [3.63, 3.8) is 0 Å². The molecule has 116 valence electrons. The van der Waals surface area contributed by atoms with Crippen LogP contribution in [0.15, 0.2) is 41.3 Å². The highest BCUT2D eigenvalue weighted by atomic mass is 35.5. The Bertz CT molecular complexity index is 678.